The van der Waals surface area contributed by atoms with Gasteiger partial charge in [-0.3, -0.25) is 0 Å². The first-order valence-electron chi connectivity index (χ1n) is 6.04. The van der Waals surface area contributed by atoms with E-state index >= 15 is 0 Å². The van der Waals surface area contributed by atoms with Gasteiger partial charge in [-0.1, -0.05) is 23.8 Å². The molecule has 0 atom stereocenters. The van der Waals surface area contributed by atoms with Crippen molar-refractivity contribution < 1.29 is 4.39 Å². The summed E-state index contributed by atoms with van der Waals surface area (Å²) < 4.78 is 13.6. The molecule has 0 fully saturated rings. The smallest absolute Gasteiger partial charge is 0.143 e. The molecule has 2 aromatic rings. The zero-order valence-corrected chi connectivity index (χ0v) is 11.2. The van der Waals surface area contributed by atoms with Crippen molar-refractivity contribution in [2.24, 2.45) is 0 Å². The molecule has 0 aliphatic rings. The Balaban J connectivity index is 2.54. The molecule has 0 unspecified atom stereocenters. The molecule has 0 aliphatic carbocycles. The molecule has 0 spiro atoms. The number of nitriles is 1. The van der Waals surface area contributed by atoms with Gasteiger partial charge in [-0.05, 0) is 37.6 Å². The van der Waals surface area contributed by atoms with Gasteiger partial charge in [0.25, 0.3) is 0 Å². The maximum Gasteiger partial charge on any atom is 0.143 e. The van der Waals surface area contributed by atoms with E-state index in [9.17, 15) is 4.39 Å². The van der Waals surface area contributed by atoms with Crippen LogP contribution in [0.4, 0.5) is 15.8 Å². The van der Waals surface area contributed by atoms with Crippen molar-refractivity contribution in [1.82, 2.24) is 0 Å². The minimum Gasteiger partial charge on any atom is -0.343 e. The van der Waals surface area contributed by atoms with Gasteiger partial charge in [-0.25, -0.2) is 4.39 Å². The van der Waals surface area contributed by atoms with Crippen LogP contribution in [-0.2, 0) is 0 Å². The number of anilines is 2. The molecule has 0 aromatic heterocycles. The van der Waals surface area contributed by atoms with Crippen LogP contribution in [0.2, 0.25) is 0 Å². The topological polar surface area (TPSA) is 27.0 Å². The molecule has 19 heavy (non-hydrogen) atoms. The molecule has 3 heteroatoms. The molecule has 96 valence electrons. The predicted octanol–water partition coefficient (Wildman–Crippen LogP) is 4.08. The lowest BCUT2D eigenvalue weighted by Crippen LogP contribution is -2.13. The molecule has 0 radical (unpaired) electrons. The van der Waals surface area contributed by atoms with Crippen molar-refractivity contribution in [2.45, 2.75) is 13.8 Å². The lowest BCUT2D eigenvalue weighted by atomic mass is 10.1. The first-order chi connectivity index (χ1) is 9.04. The van der Waals surface area contributed by atoms with Crippen molar-refractivity contribution in [3.63, 3.8) is 0 Å². The van der Waals surface area contributed by atoms with Gasteiger partial charge in [0.1, 0.15) is 17.4 Å². The minimum absolute atomic E-state index is 0.0741. The largest absolute Gasteiger partial charge is 0.343 e. The van der Waals surface area contributed by atoms with Gasteiger partial charge in [0.05, 0.1) is 5.69 Å². The molecule has 0 aliphatic heterocycles. The summed E-state index contributed by atoms with van der Waals surface area (Å²) in [5, 5.41) is 9.09. The van der Waals surface area contributed by atoms with Crippen molar-refractivity contribution in [3.8, 4) is 6.07 Å². The van der Waals surface area contributed by atoms with Crippen molar-refractivity contribution in [2.75, 3.05) is 11.9 Å². The van der Waals surface area contributed by atoms with E-state index < -0.39 is 5.82 Å². The number of hydrogen-bond donors (Lipinski definition) is 0. The zero-order chi connectivity index (χ0) is 14.0. The second-order valence-electron chi connectivity index (χ2n) is 4.59. The normalized spacial score (nSPS) is 10.1. The SMILES string of the molecule is Cc1ccc(N(C)c2cccc(F)c2C#N)c(C)c1. The summed E-state index contributed by atoms with van der Waals surface area (Å²) in [6.45, 7) is 4.03. The summed E-state index contributed by atoms with van der Waals surface area (Å²) in [4.78, 5) is 1.84. The second kappa shape index (κ2) is 5.11. The van der Waals surface area contributed by atoms with Crippen LogP contribution in [0.3, 0.4) is 0 Å². The third-order valence-electron chi connectivity index (χ3n) is 3.18. The fourth-order valence-corrected chi connectivity index (χ4v) is 2.21. The predicted molar refractivity (Wildman–Crippen MR) is 75.1 cm³/mol. The van der Waals surface area contributed by atoms with Crippen molar-refractivity contribution >= 4 is 11.4 Å². The molecule has 2 aromatic carbocycles. The number of rotatable bonds is 2. The van der Waals surface area contributed by atoms with Crippen LogP contribution >= 0.6 is 0 Å². The third kappa shape index (κ3) is 2.43. The molecule has 2 rings (SSSR count). The number of nitrogens with zero attached hydrogens (tertiary/aromatic N) is 2. The number of aryl methyl sites for hydroxylation is 2. The quantitative estimate of drug-likeness (QED) is 0.807. The fraction of sp³-hybridized carbons (Fsp3) is 0.188. The van der Waals surface area contributed by atoms with Crippen LogP contribution in [-0.4, -0.2) is 7.05 Å². The second-order valence-corrected chi connectivity index (χ2v) is 4.59. The van der Waals surface area contributed by atoms with Crippen LogP contribution in [0.1, 0.15) is 16.7 Å². The maximum absolute atomic E-state index is 13.6. The average molecular weight is 254 g/mol. The van der Waals surface area contributed by atoms with Gasteiger partial charge >= 0.3 is 0 Å². The molecule has 0 saturated heterocycles. The Morgan fingerprint density at radius 1 is 1.11 bits per heavy atom. The Morgan fingerprint density at radius 3 is 2.47 bits per heavy atom. The van der Waals surface area contributed by atoms with E-state index in [1.165, 1.54) is 11.6 Å². The Hall–Kier alpha value is -2.34. The summed E-state index contributed by atoms with van der Waals surface area (Å²) in [6, 6.07) is 12.7. The Bertz CT molecular complexity index is 656. The van der Waals surface area contributed by atoms with Crippen LogP contribution < -0.4 is 4.90 Å². The maximum atomic E-state index is 13.6. The molecule has 2 nitrogen and oxygen atoms in total. The molecule has 0 bridgehead atoms. The summed E-state index contributed by atoms with van der Waals surface area (Å²) in [6.07, 6.45) is 0. The number of benzene rings is 2. The van der Waals surface area contributed by atoms with E-state index in [2.05, 4.69) is 6.07 Å². The van der Waals surface area contributed by atoms with Crippen molar-refractivity contribution in [1.29, 1.82) is 5.26 Å². The standard InChI is InChI=1S/C16H15FN2/c1-11-7-8-15(12(2)9-11)19(3)16-6-4-5-14(17)13(16)10-18/h4-9H,1-3H3. The third-order valence-corrected chi connectivity index (χ3v) is 3.18. The van der Waals surface area contributed by atoms with Crippen molar-refractivity contribution in [3.05, 3.63) is 58.9 Å². The monoisotopic (exact) mass is 254 g/mol. The van der Waals surface area contributed by atoms with Gasteiger partial charge in [-0.15, -0.1) is 0 Å². The van der Waals surface area contributed by atoms with Crippen LogP contribution in [0.5, 0.6) is 0 Å². The first-order valence-corrected chi connectivity index (χ1v) is 6.04. The minimum atomic E-state index is -0.489. The zero-order valence-electron chi connectivity index (χ0n) is 11.2. The first kappa shape index (κ1) is 13.1. The van der Waals surface area contributed by atoms with E-state index in [-0.39, 0.29) is 5.56 Å². The number of halogens is 1. The Labute approximate surface area is 112 Å². The Kier molecular flexibility index (Phi) is 3.52. The highest BCUT2D eigenvalue weighted by Crippen LogP contribution is 2.30. The number of hydrogen-bond acceptors (Lipinski definition) is 2. The lowest BCUT2D eigenvalue weighted by Gasteiger charge is -2.23. The molecular weight excluding hydrogens is 239 g/mol. The van der Waals surface area contributed by atoms with Gasteiger partial charge in [-0.2, -0.15) is 5.26 Å². The van der Waals surface area contributed by atoms with Gasteiger partial charge in [0.2, 0.25) is 0 Å². The summed E-state index contributed by atoms with van der Waals surface area (Å²) >= 11 is 0. The van der Waals surface area contributed by atoms with Gasteiger partial charge in [0, 0.05) is 12.7 Å². The lowest BCUT2D eigenvalue weighted by molar-refractivity contribution is 0.624. The Morgan fingerprint density at radius 2 is 1.84 bits per heavy atom. The summed E-state index contributed by atoms with van der Waals surface area (Å²) in [7, 11) is 1.84. The van der Waals surface area contributed by atoms with E-state index in [1.807, 2.05) is 44.0 Å². The van der Waals surface area contributed by atoms with Gasteiger partial charge in [0.15, 0.2) is 0 Å². The molecule has 0 N–H and O–H groups in total. The molecule has 0 heterocycles. The average Bonchev–Trinajstić information content (AvgIpc) is 2.37. The van der Waals surface area contributed by atoms with Gasteiger partial charge < -0.3 is 4.90 Å². The highest BCUT2D eigenvalue weighted by atomic mass is 19.1. The summed E-state index contributed by atoms with van der Waals surface area (Å²) in [5.74, 6) is -0.489. The molecule has 0 amide bonds. The van der Waals surface area contributed by atoms with Crippen LogP contribution in [0.15, 0.2) is 36.4 Å². The fourth-order valence-electron chi connectivity index (χ4n) is 2.21. The summed E-state index contributed by atoms with van der Waals surface area (Å²) in [5.41, 5.74) is 3.89. The molecular formula is C16H15FN2. The highest BCUT2D eigenvalue weighted by molar-refractivity contribution is 5.71. The van der Waals surface area contributed by atoms with Crippen LogP contribution in [0.25, 0.3) is 0 Å². The van der Waals surface area contributed by atoms with E-state index in [1.54, 1.807) is 12.1 Å². The highest BCUT2D eigenvalue weighted by Gasteiger charge is 2.14. The van der Waals surface area contributed by atoms with E-state index in [4.69, 9.17) is 5.26 Å². The van der Waals surface area contributed by atoms with E-state index in [0.29, 0.717) is 5.69 Å². The van der Waals surface area contributed by atoms with E-state index in [0.717, 1.165) is 11.3 Å². The molecule has 0 saturated carbocycles. The van der Waals surface area contributed by atoms with Crippen LogP contribution in [0, 0.1) is 31.0 Å².